The van der Waals surface area contributed by atoms with Gasteiger partial charge in [-0.05, 0) is 44.7 Å². The van der Waals surface area contributed by atoms with E-state index in [0.717, 1.165) is 32.7 Å². The van der Waals surface area contributed by atoms with Crippen LogP contribution in [-0.2, 0) is 11.2 Å². The summed E-state index contributed by atoms with van der Waals surface area (Å²) in [5, 5.41) is 3.50. The average molecular weight is 249 g/mol. The first-order valence-corrected chi connectivity index (χ1v) is 7.10. The Balaban J connectivity index is 2.48. The fourth-order valence-corrected chi connectivity index (χ4v) is 2.13. The van der Waals surface area contributed by atoms with E-state index < -0.39 is 0 Å². The van der Waals surface area contributed by atoms with Gasteiger partial charge in [0.05, 0.1) is 6.61 Å². The van der Waals surface area contributed by atoms with E-state index in [-0.39, 0.29) is 0 Å². The van der Waals surface area contributed by atoms with E-state index in [1.54, 1.807) is 0 Å². The predicted molar refractivity (Wildman–Crippen MR) is 78.0 cm³/mol. The van der Waals surface area contributed by atoms with Crippen molar-refractivity contribution in [3.05, 3.63) is 35.4 Å². The summed E-state index contributed by atoms with van der Waals surface area (Å²) in [6, 6.07) is 8.78. The van der Waals surface area contributed by atoms with Gasteiger partial charge in [0.2, 0.25) is 0 Å². The molecule has 1 unspecified atom stereocenters. The lowest BCUT2D eigenvalue weighted by Crippen LogP contribution is -2.28. The van der Waals surface area contributed by atoms with Gasteiger partial charge in [0, 0.05) is 13.2 Å². The number of hydrogen-bond donors (Lipinski definition) is 1. The van der Waals surface area contributed by atoms with Crippen molar-refractivity contribution >= 4 is 0 Å². The zero-order valence-corrected chi connectivity index (χ0v) is 12.0. The van der Waals surface area contributed by atoms with E-state index in [1.807, 2.05) is 0 Å². The number of rotatable bonds is 9. The Morgan fingerprint density at radius 2 is 2.11 bits per heavy atom. The number of nitrogens with one attached hydrogen (secondary N) is 1. The Bertz CT molecular complexity index is 325. The molecule has 18 heavy (non-hydrogen) atoms. The monoisotopic (exact) mass is 249 g/mol. The van der Waals surface area contributed by atoms with Gasteiger partial charge in [-0.3, -0.25) is 0 Å². The largest absolute Gasteiger partial charge is 0.381 e. The minimum Gasteiger partial charge on any atom is -0.381 e. The molecular formula is C16H27NO. The van der Waals surface area contributed by atoms with Crippen molar-refractivity contribution < 1.29 is 4.74 Å². The van der Waals surface area contributed by atoms with Gasteiger partial charge in [-0.1, -0.05) is 36.8 Å². The Kier molecular flexibility index (Phi) is 7.70. The van der Waals surface area contributed by atoms with Gasteiger partial charge in [0.25, 0.3) is 0 Å². The van der Waals surface area contributed by atoms with E-state index in [0.29, 0.717) is 5.92 Å². The van der Waals surface area contributed by atoms with Crippen LogP contribution in [0.25, 0.3) is 0 Å². The van der Waals surface area contributed by atoms with Gasteiger partial charge in [0.15, 0.2) is 0 Å². The van der Waals surface area contributed by atoms with Crippen molar-refractivity contribution in [2.45, 2.75) is 33.6 Å². The summed E-state index contributed by atoms with van der Waals surface area (Å²) in [6.07, 6.45) is 2.28. The second-order valence-electron chi connectivity index (χ2n) is 4.92. The van der Waals surface area contributed by atoms with Gasteiger partial charge < -0.3 is 10.1 Å². The molecule has 0 amide bonds. The highest BCUT2D eigenvalue weighted by molar-refractivity contribution is 5.22. The number of benzene rings is 1. The van der Waals surface area contributed by atoms with E-state index >= 15 is 0 Å². The lowest BCUT2D eigenvalue weighted by atomic mass is 9.98. The lowest BCUT2D eigenvalue weighted by Gasteiger charge is -2.17. The molecule has 0 saturated carbocycles. The van der Waals surface area contributed by atoms with Crippen LogP contribution in [0.1, 0.15) is 31.4 Å². The molecule has 0 aromatic heterocycles. The summed E-state index contributed by atoms with van der Waals surface area (Å²) >= 11 is 0. The first kappa shape index (κ1) is 15.2. The fourth-order valence-electron chi connectivity index (χ4n) is 2.13. The Labute approximate surface area is 112 Å². The van der Waals surface area contributed by atoms with Crippen molar-refractivity contribution in [3.8, 4) is 0 Å². The summed E-state index contributed by atoms with van der Waals surface area (Å²) in [6.45, 7) is 10.2. The van der Waals surface area contributed by atoms with Crippen LogP contribution in [-0.4, -0.2) is 26.3 Å². The highest BCUT2D eigenvalue weighted by atomic mass is 16.5. The van der Waals surface area contributed by atoms with Crippen LogP contribution in [0.2, 0.25) is 0 Å². The summed E-state index contributed by atoms with van der Waals surface area (Å²) in [5.41, 5.74) is 2.75. The summed E-state index contributed by atoms with van der Waals surface area (Å²) < 4.78 is 5.59. The molecule has 0 heterocycles. The smallest absolute Gasteiger partial charge is 0.0509 e. The molecule has 2 nitrogen and oxygen atoms in total. The van der Waals surface area contributed by atoms with E-state index in [2.05, 4.69) is 50.4 Å². The van der Waals surface area contributed by atoms with Crippen molar-refractivity contribution in [2.75, 3.05) is 26.3 Å². The van der Waals surface area contributed by atoms with Gasteiger partial charge >= 0.3 is 0 Å². The molecule has 0 saturated heterocycles. The van der Waals surface area contributed by atoms with Crippen molar-refractivity contribution in [1.29, 1.82) is 0 Å². The molecule has 1 N–H and O–H groups in total. The zero-order valence-electron chi connectivity index (χ0n) is 12.0. The lowest BCUT2D eigenvalue weighted by molar-refractivity contribution is 0.110. The van der Waals surface area contributed by atoms with Crippen LogP contribution in [0.4, 0.5) is 0 Å². The molecule has 0 spiro atoms. The normalized spacial score (nSPS) is 12.6. The number of ether oxygens (including phenoxy) is 1. The third-order valence-electron chi connectivity index (χ3n) is 3.02. The van der Waals surface area contributed by atoms with Gasteiger partial charge in [0.1, 0.15) is 0 Å². The molecule has 0 aliphatic rings. The summed E-state index contributed by atoms with van der Waals surface area (Å²) in [5.74, 6) is 0.568. The number of hydrogen-bond acceptors (Lipinski definition) is 2. The van der Waals surface area contributed by atoms with Crippen LogP contribution in [0.5, 0.6) is 0 Å². The van der Waals surface area contributed by atoms with Crippen LogP contribution in [0.3, 0.4) is 0 Å². The minimum absolute atomic E-state index is 0.568. The topological polar surface area (TPSA) is 21.3 Å². The Morgan fingerprint density at radius 3 is 2.78 bits per heavy atom. The zero-order chi connectivity index (χ0) is 13.2. The maximum absolute atomic E-state index is 5.59. The Morgan fingerprint density at radius 1 is 1.28 bits per heavy atom. The standard InChI is InChI=1S/C16H27NO/c1-4-9-17-12-16(13-18-5-2)11-15-8-6-7-14(3)10-15/h6-8,10,16-17H,4-5,9,11-13H2,1-3H3. The van der Waals surface area contributed by atoms with Gasteiger partial charge in [-0.2, -0.15) is 0 Å². The quantitative estimate of drug-likeness (QED) is 0.679. The molecule has 0 aliphatic carbocycles. The molecule has 1 aromatic rings. The molecule has 0 fully saturated rings. The maximum Gasteiger partial charge on any atom is 0.0509 e. The summed E-state index contributed by atoms with van der Waals surface area (Å²) in [7, 11) is 0. The molecule has 0 aliphatic heterocycles. The van der Waals surface area contributed by atoms with E-state index in [9.17, 15) is 0 Å². The van der Waals surface area contributed by atoms with Crippen LogP contribution < -0.4 is 5.32 Å². The molecule has 0 bridgehead atoms. The minimum atomic E-state index is 0.568. The van der Waals surface area contributed by atoms with Crippen molar-refractivity contribution in [1.82, 2.24) is 5.32 Å². The maximum atomic E-state index is 5.59. The van der Waals surface area contributed by atoms with Crippen LogP contribution in [0, 0.1) is 12.8 Å². The first-order chi connectivity index (χ1) is 8.76. The van der Waals surface area contributed by atoms with Crippen LogP contribution in [0.15, 0.2) is 24.3 Å². The summed E-state index contributed by atoms with van der Waals surface area (Å²) in [4.78, 5) is 0. The highest BCUT2D eigenvalue weighted by Gasteiger charge is 2.09. The fraction of sp³-hybridized carbons (Fsp3) is 0.625. The van der Waals surface area contributed by atoms with Crippen molar-refractivity contribution in [3.63, 3.8) is 0 Å². The third-order valence-corrected chi connectivity index (χ3v) is 3.02. The second kappa shape index (κ2) is 9.12. The Hall–Kier alpha value is -0.860. The molecule has 1 aromatic carbocycles. The molecule has 1 rings (SSSR count). The highest BCUT2D eigenvalue weighted by Crippen LogP contribution is 2.11. The third kappa shape index (κ3) is 6.18. The predicted octanol–water partition coefficient (Wildman–Crippen LogP) is 3.19. The van der Waals surface area contributed by atoms with Gasteiger partial charge in [-0.25, -0.2) is 0 Å². The second-order valence-corrected chi connectivity index (χ2v) is 4.92. The van der Waals surface area contributed by atoms with Crippen molar-refractivity contribution in [2.24, 2.45) is 5.92 Å². The molecule has 0 radical (unpaired) electrons. The molecule has 102 valence electrons. The van der Waals surface area contributed by atoms with Gasteiger partial charge in [-0.15, -0.1) is 0 Å². The SMILES string of the molecule is CCCNCC(COCC)Cc1cccc(C)c1. The average Bonchev–Trinajstić information content (AvgIpc) is 2.36. The van der Waals surface area contributed by atoms with Crippen LogP contribution >= 0.6 is 0 Å². The number of aryl methyl sites for hydroxylation is 1. The van der Waals surface area contributed by atoms with E-state index in [4.69, 9.17) is 4.74 Å². The van der Waals surface area contributed by atoms with E-state index in [1.165, 1.54) is 17.5 Å². The first-order valence-electron chi connectivity index (χ1n) is 7.10. The molecule has 1 atom stereocenters. The molecule has 2 heteroatoms. The molecular weight excluding hydrogens is 222 g/mol.